The first-order valence-electron chi connectivity index (χ1n) is 6.06. The minimum atomic E-state index is -0.100. The second-order valence-electron chi connectivity index (χ2n) is 4.25. The summed E-state index contributed by atoms with van der Waals surface area (Å²) in [5.74, 6) is 6.07. The molecular formula is C14H20O3S. The Morgan fingerprint density at radius 3 is 2.78 bits per heavy atom. The van der Waals surface area contributed by atoms with E-state index in [0.717, 1.165) is 16.4 Å². The van der Waals surface area contributed by atoms with Crippen LogP contribution in [0.1, 0.15) is 23.6 Å². The summed E-state index contributed by atoms with van der Waals surface area (Å²) in [5.41, 5.74) is 0. The van der Waals surface area contributed by atoms with E-state index in [2.05, 4.69) is 25.7 Å². The molecule has 1 aromatic rings. The van der Waals surface area contributed by atoms with Crippen LogP contribution in [0.25, 0.3) is 0 Å². The quantitative estimate of drug-likeness (QED) is 0.609. The number of ether oxygens (including phenoxy) is 2. The normalized spacial score (nSPS) is 10.4. The van der Waals surface area contributed by atoms with Crippen LogP contribution in [0.2, 0.25) is 0 Å². The van der Waals surface area contributed by atoms with Gasteiger partial charge in [-0.25, -0.2) is 0 Å². The van der Waals surface area contributed by atoms with Gasteiger partial charge in [-0.2, -0.15) is 0 Å². The maximum Gasteiger partial charge on any atom is 0.104 e. The lowest BCUT2D eigenvalue weighted by molar-refractivity contribution is 0.0322. The minimum Gasteiger partial charge on any atom is -0.384 e. The molecule has 100 valence electrons. The molecule has 0 saturated carbocycles. The molecule has 0 aliphatic rings. The van der Waals surface area contributed by atoms with Crippen molar-refractivity contribution in [3.8, 4) is 11.8 Å². The SMILES string of the molecule is CC(C)COCCOCc1ccc(C#CCO)s1. The summed E-state index contributed by atoms with van der Waals surface area (Å²) >= 11 is 1.59. The number of rotatable bonds is 7. The average Bonchev–Trinajstić information content (AvgIpc) is 2.78. The molecule has 0 aliphatic carbocycles. The van der Waals surface area contributed by atoms with Gasteiger partial charge >= 0.3 is 0 Å². The lowest BCUT2D eigenvalue weighted by Crippen LogP contribution is -2.08. The van der Waals surface area contributed by atoms with Crippen LogP contribution in [0.4, 0.5) is 0 Å². The van der Waals surface area contributed by atoms with Crippen molar-refractivity contribution in [2.75, 3.05) is 26.4 Å². The lowest BCUT2D eigenvalue weighted by atomic mass is 10.2. The van der Waals surface area contributed by atoms with E-state index in [-0.39, 0.29) is 6.61 Å². The topological polar surface area (TPSA) is 38.7 Å². The molecule has 1 rings (SSSR count). The fourth-order valence-corrected chi connectivity index (χ4v) is 2.08. The van der Waals surface area contributed by atoms with Crippen molar-refractivity contribution in [3.63, 3.8) is 0 Å². The van der Waals surface area contributed by atoms with Crippen molar-refractivity contribution in [3.05, 3.63) is 21.9 Å². The van der Waals surface area contributed by atoms with Crippen molar-refractivity contribution >= 4 is 11.3 Å². The Kier molecular flexibility index (Phi) is 7.70. The highest BCUT2D eigenvalue weighted by atomic mass is 32.1. The Morgan fingerprint density at radius 2 is 2.06 bits per heavy atom. The first-order chi connectivity index (χ1) is 8.72. The third-order valence-electron chi connectivity index (χ3n) is 2.02. The second kappa shape index (κ2) is 9.12. The maximum atomic E-state index is 8.59. The molecule has 18 heavy (non-hydrogen) atoms. The summed E-state index contributed by atoms with van der Waals surface area (Å²) in [6, 6.07) is 3.95. The molecule has 0 fully saturated rings. The number of hydrogen-bond donors (Lipinski definition) is 1. The summed E-state index contributed by atoms with van der Waals surface area (Å²) in [6.45, 7) is 6.78. The molecule has 0 bridgehead atoms. The highest BCUT2D eigenvalue weighted by molar-refractivity contribution is 7.12. The fraction of sp³-hybridized carbons (Fsp3) is 0.571. The molecular weight excluding hydrogens is 248 g/mol. The third kappa shape index (κ3) is 6.77. The van der Waals surface area contributed by atoms with Gasteiger partial charge in [0.1, 0.15) is 6.61 Å². The van der Waals surface area contributed by atoms with Crippen molar-refractivity contribution in [1.82, 2.24) is 0 Å². The number of hydrogen-bond acceptors (Lipinski definition) is 4. The van der Waals surface area contributed by atoms with E-state index in [1.54, 1.807) is 11.3 Å². The largest absolute Gasteiger partial charge is 0.384 e. The zero-order chi connectivity index (χ0) is 13.2. The molecule has 0 unspecified atom stereocenters. The van der Waals surface area contributed by atoms with Crippen LogP contribution >= 0.6 is 11.3 Å². The molecule has 0 aromatic carbocycles. The number of aliphatic hydroxyl groups is 1. The van der Waals surface area contributed by atoms with Gasteiger partial charge in [-0.1, -0.05) is 25.7 Å². The summed E-state index contributed by atoms with van der Waals surface area (Å²) in [4.78, 5) is 2.10. The van der Waals surface area contributed by atoms with Crippen LogP contribution in [-0.4, -0.2) is 31.5 Å². The first kappa shape index (κ1) is 15.2. The second-order valence-corrected chi connectivity index (χ2v) is 5.42. The van der Waals surface area contributed by atoms with Gasteiger partial charge in [-0.15, -0.1) is 11.3 Å². The van der Waals surface area contributed by atoms with E-state index < -0.39 is 0 Å². The Balaban J connectivity index is 2.14. The summed E-state index contributed by atoms with van der Waals surface area (Å²) in [7, 11) is 0. The molecule has 1 N–H and O–H groups in total. The molecule has 3 nitrogen and oxygen atoms in total. The molecule has 0 spiro atoms. The van der Waals surface area contributed by atoms with Gasteiger partial charge in [0.2, 0.25) is 0 Å². The van der Waals surface area contributed by atoms with Gasteiger partial charge in [0.25, 0.3) is 0 Å². The third-order valence-corrected chi connectivity index (χ3v) is 2.99. The molecule has 0 amide bonds. The van der Waals surface area contributed by atoms with E-state index >= 15 is 0 Å². The molecule has 0 radical (unpaired) electrons. The standard InChI is InChI=1S/C14H20O3S/c1-12(2)10-16-8-9-17-11-14-6-5-13(18-14)4-3-7-15/h5-6,12,15H,7-11H2,1-2H3. The van der Waals surface area contributed by atoms with Gasteiger partial charge in [0.05, 0.1) is 24.7 Å². The van der Waals surface area contributed by atoms with Crippen LogP contribution in [-0.2, 0) is 16.1 Å². The van der Waals surface area contributed by atoms with E-state index in [0.29, 0.717) is 25.7 Å². The number of aliphatic hydroxyl groups excluding tert-OH is 1. The van der Waals surface area contributed by atoms with Crippen LogP contribution in [0.3, 0.4) is 0 Å². The summed E-state index contributed by atoms with van der Waals surface area (Å²) in [5, 5.41) is 8.59. The monoisotopic (exact) mass is 268 g/mol. The highest BCUT2D eigenvalue weighted by Gasteiger charge is 1.99. The highest BCUT2D eigenvalue weighted by Crippen LogP contribution is 2.16. The van der Waals surface area contributed by atoms with Crippen LogP contribution in [0, 0.1) is 17.8 Å². The molecule has 4 heteroatoms. The van der Waals surface area contributed by atoms with Crippen molar-refractivity contribution in [2.24, 2.45) is 5.92 Å². The molecule has 1 heterocycles. The first-order valence-corrected chi connectivity index (χ1v) is 6.88. The van der Waals surface area contributed by atoms with Gasteiger partial charge in [-0.05, 0) is 18.1 Å². The van der Waals surface area contributed by atoms with E-state index in [9.17, 15) is 0 Å². The predicted octanol–water partition coefficient (Wildman–Crippen LogP) is 2.28. The van der Waals surface area contributed by atoms with Crippen LogP contribution in [0.15, 0.2) is 12.1 Å². The van der Waals surface area contributed by atoms with Gasteiger partial charge in [0.15, 0.2) is 0 Å². The Morgan fingerprint density at radius 1 is 1.28 bits per heavy atom. The van der Waals surface area contributed by atoms with Crippen molar-refractivity contribution < 1.29 is 14.6 Å². The zero-order valence-corrected chi connectivity index (χ0v) is 11.8. The molecule has 0 aliphatic heterocycles. The van der Waals surface area contributed by atoms with Crippen molar-refractivity contribution in [2.45, 2.75) is 20.5 Å². The van der Waals surface area contributed by atoms with E-state index in [4.69, 9.17) is 14.6 Å². The van der Waals surface area contributed by atoms with Gasteiger partial charge in [0, 0.05) is 11.5 Å². The Labute approximate surface area is 113 Å². The predicted molar refractivity (Wildman–Crippen MR) is 73.6 cm³/mol. The lowest BCUT2D eigenvalue weighted by Gasteiger charge is -2.06. The Bertz CT molecular complexity index is 387. The van der Waals surface area contributed by atoms with Gasteiger partial charge < -0.3 is 14.6 Å². The average molecular weight is 268 g/mol. The van der Waals surface area contributed by atoms with Gasteiger partial charge in [-0.3, -0.25) is 0 Å². The van der Waals surface area contributed by atoms with Crippen molar-refractivity contribution in [1.29, 1.82) is 0 Å². The van der Waals surface area contributed by atoms with Crippen LogP contribution in [0.5, 0.6) is 0 Å². The smallest absolute Gasteiger partial charge is 0.104 e. The summed E-state index contributed by atoms with van der Waals surface area (Å²) in [6.07, 6.45) is 0. The maximum absolute atomic E-state index is 8.59. The number of thiophene rings is 1. The van der Waals surface area contributed by atoms with E-state index in [1.807, 2.05) is 12.1 Å². The summed E-state index contributed by atoms with van der Waals surface area (Å²) < 4.78 is 10.9. The zero-order valence-electron chi connectivity index (χ0n) is 10.9. The van der Waals surface area contributed by atoms with E-state index in [1.165, 1.54) is 0 Å². The minimum absolute atomic E-state index is 0.100. The molecule has 0 saturated heterocycles. The van der Waals surface area contributed by atoms with Crippen LogP contribution < -0.4 is 0 Å². The molecule has 1 aromatic heterocycles. The molecule has 0 atom stereocenters. The Hall–Kier alpha value is -0.860. The fourth-order valence-electron chi connectivity index (χ4n) is 1.26.